The van der Waals surface area contributed by atoms with Gasteiger partial charge >= 0.3 is 5.97 Å². The molecule has 0 aliphatic carbocycles. The molecule has 0 saturated carbocycles. The van der Waals surface area contributed by atoms with Crippen LogP contribution in [0.25, 0.3) is 0 Å². The molecule has 9 N–H and O–H groups in total. The lowest BCUT2D eigenvalue weighted by Gasteiger charge is -2.30. The number of likely N-dealkylation sites (tertiary alicyclic amines) is 1. The topological polar surface area (TPSA) is 208 Å². The summed E-state index contributed by atoms with van der Waals surface area (Å²) in [5.74, 6) is -3.27. The number of nitrogens with zero attached hydrogens (tertiary/aromatic N) is 1. The molecule has 0 aromatic carbocycles. The van der Waals surface area contributed by atoms with Crippen molar-refractivity contribution in [3.05, 3.63) is 0 Å². The van der Waals surface area contributed by atoms with Gasteiger partial charge in [0, 0.05) is 6.54 Å². The summed E-state index contributed by atoms with van der Waals surface area (Å²) in [5.41, 5.74) is 11.2. The number of aliphatic hydroxyl groups is 2. The zero-order chi connectivity index (χ0) is 23.7. The molecule has 1 aliphatic rings. The first-order valence-electron chi connectivity index (χ1n) is 10.5. The Morgan fingerprint density at radius 2 is 1.74 bits per heavy atom. The molecule has 12 nitrogen and oxygen atoms in total. The standard InChI is InChI=1S/C19H35N5O7/c1-10(25)14(21)17(28)22-12(6-3-4-8-20)18(29)24-9-5-7-13(24)16(27)23-15(11(2)26)19(30)31/h10-15,25-26H,3-9,20-21H2,1-2H3,(H,22,28)(H,23,27)(H,30,31)/t10-,11-,12+,13+,14+,15+/m1/s1. The first kappa shape index (κ1) is 26.8. The van der Waals surface area contributed by atoms with Gasteiger partial charge in [-0.15, -0.1) is 0 Å². The number of carbonyl (C=O) groups excluding carboxylic acids is 3. The van der Waals surface area contributed by atoms with E-state index in [1.165, 1.54) is 18.7 Å². The van der Waals surface area contributed by atoms with Crippen LogP contribution in [0.4, 0.5) is 0 Å². The summed E-state index contributed by atoms with van der Waals surface area (Å²) in [4.78, 5) is 50.7. The van der Waals surface area contributed by atoms with E-state index in [0.717, 1.165) is 0 Å². The zero-order valence-electron chi connectivity index (χ0n) is 18.0. The maximum absolute atomic E-state index is 13.2. The van der Waals surface area contributed by atoms with E-state index in [2.05, 4.69) is 10.6 Å². The lowest BCUT2D eigenvalue weighted by atomic mass is 10.1. The van der Waals surface area contributed by atoms with Gasteiger partial charge in [0.1, 0.15) is 18.1 Å². The van der Waals surface area contributed by atoms with E-state index in [0.29, 0.717) is 32.2 Å². The smallest absolute Gasteiger partial charge is 0.328 e. The van der Waals surface area contributed by atoms with E-state index >= 15 is 0 Å². The van der Waals surface area contributed by atoms with Gasteiger partial charge in [-0.1, -0.05) is 0 Å². The van der Waals surface area contributed by atoms with Crippen LogP contribution in [0.2, 0.25) is 0 Å². The van der Waals surface area contributed by atoms with Gasteiger partial charge in [0.05, 0.1) is 12.2 Å². The normalized spacial score (nSPS) is 21.0. The average Bonchev–Trinajstić information content (AvgIpc) is 3.19. The molecule has 1 aliphatic heterocycles. The summed E-state index contributed by atoms with van der Waals surface area (Å²) < 4.78 is 0. The molecule has 6 atom stereocenters. The van der Waals surface area contributed by atoms with E-state index in [1.807, 2.05) is 0 Å². The Balaban J connectivity index is 2.95. The van der Waals surface area contributed by atoms with Crippen LogP contribution < -0.4 is 22.1 Å². The summed E-state index contributed by atoms with van der Waals surface area (Å²) in [6.07, 6.45) is -0.153. The molecule has 0 aromatic heterocycles. The third kappa shape index (κ3) is 7.73. The summed E-state index contributed by atoms with van der Waals surface area (Å²) in [6, 6.07) is -4.62. The second-order valence-corrected chi connectivity index (χ2v) is 7.87. The van der Waals surface area contributed by atoms with Crippen molar-refractivity contribution in [1.82, 2.24) is 15.5 Å². The van der Waals surface area contributed by atoms with E-state index in [9.17, 15) is 29.4 Å². The molecule has 0 radical (unpaired) electrons. The minimum atomic E-state index is -1.51. The number of nitrogens with two attached hydrogens (primary N) is 2. The molecule has 12 heteroatoms. The molecule has 31 heavy (non-hydrogen) atoms. The number of unbranched alkanes of at least 4 members (excludes halogenated alkanes) is 1. The predicted octanol–water partition coefficient (Wildman–Crippen LogP) is -2.75. The Labute approximate surface area is 181 Å². The number of carbonyl (C=O) groups is 4. The Morgan fingerprint density at radius 1 is 1.10 bits per heavy atom. The Morgan fingerprint density at radius 3 is 2.26 bits per heavy atom. The van der Waals surface area contributed by atoms with Gasteiger partial charge in [-0.05, 0) is 52.5 Å². The summed E-state index contributed by atoms with van der Waals surface area (Å²) >= 11 is 0. The second-order valence-electron chi connectivity index (χ2n) is 7.87. The van der Waals surface area contributed by atoms with Gasteiger partial charge < -0.3 is 42.3 Å². The number of hydrogen-bond donors (Lipinski definition) is 7. The number of carboxylic acid groups (broad SMARTS) is 1. The molecule has 0 aromatic rings. The van der Waals surface area contributed by atoms with Gasteiger partial charge in [0.2, 0.25) is 17.7 Å². The highest BCUT2D eigenvalue weighted by Gasteiger charge is 2.39. The van der Waals surface area contributed by atoms with Gasteiger partial charge in [-0.25, -0.2) is 4.79 Å². The molecule has 1 fully saturated rings. The highest BCUT2D eigenvalue weighted by Crippen LogP contribution is 2.20. The van der Waals surface area contributed by atoms with E-state index in [4.69, 9.17) is 16.6 Å². The molecular formula is C19H35N5O7. The molecule has 178 valence electrons. The number of carboxylic acids is 1. The second kappa shape index (κ2) is 12.5. The lowest BCUT2D eigenvalue weighted by molar-refractivity contribution is -0.147. The van der Waals surface area contributed by atoms with Crippen molar-refractivity contribution in [3.8, 4) is 0 Å². The van der Waals surface area contributed by atoms with Gasteiger partial charge in [-0.3, -0.25) is 14.4 Å². The van der Waals surface area contributed by atoms with Crippen molar-refractivity contribution in [1.29, 1.82) is 0 Å². The molecule has 1 heterocycles. The van der Waals surface area contributed by atoms with Crippen molar-refractivity contribution >= 4 is 23.7 Å². The molecule has 3 amide bonds. The van der Waals surface area contributed by atoms with Crippen molar-refractivity contribution in [3.63, 3.8) is 0 Å². The number of rotatable bonds is 12. The third-order valence-electron chi connectivity index (χ3n) is 5.27. The summed E-state index contributed by atoms with van der Waals surface area (Å²) in [6.45, 7) is 3.27. The Bertz CT molecular complexity index is 643. The predicted molar refractivity (Wildman–Crippen MR) is 110 cm³/mol. The van der Waals surface area contributed by atoms with Crippen LogP contribution in [0.15, 0.2) is 0 Å². The number of amides is 3. The van der Waals surface area contributed by atoms with Crippen LogP contribution in [0.1, 0.15) is 46.0 Å². The largest absolute Gasteiger partial charge is 0.480 e. The van der Waals surface area contributed by atoms with Gasteiger partial charge in [-0.2, -0.15) is 0 Å². The van der Waals surface area contributed by atoms with Crippen LogP contribution in [-0.2, 0) is 19.2 Å². The quantitative estimate of drug-likeness (QED) is 0.155. The van der Waals surface area contributed by atoms with E-state index in [1.54, 1.807) is 0 Å². The van der Waals surface area contributed by atoms with Gasteiger partial charge in [0.25, 0.3) is 0 Å². The SMILES string of the molecule is C[C@@H](O)[C@H](N)C(=O)N[C@@H](CCCCN)C(=O)N1CCC[C@H]1C(=O)N[C@H](C(=O)O)[C@@H](C)O. The van der Waals surface area contributed by atoms with Crippen LogP contribution in [0.5, 0.6) is 0 Å². The van der Waals surface area contributed by atoms with Gasteiger partial charge in [0.15, 0.2) is 6.04 Å². The number of hydrogen-bond acceptors (Lipinski definition) is 8. The average molecular weight is 446 g/mol. The van der Waals surface area contributed by atoms with Crippen molar-refractivity contribution in [2.75, 3.05) is 13.1 Å². The van der Waals surface area contributed by atoms with Crippen LogP contribution in [0, 0.1) is 0 Å². The number of nitrogens with one attached hydrogen (secondary N) is 2. The fourth-order valence-electron chi connectivity index (χ4n) is 3.38. The summed E-state index contributed by atoms with van der Waals surface area (Å²) in [5, 5.41) is 33.1. The zero-order valence-corrected chi connectivity index (χ0v) is 18.0. The Hall–Kier alpha value is -2.28. The maximum atomic E-state index is 13.2. The molecular weight excluding hydrogens is 410 g/mol. The molecule has 0 unspecified atom stereocenters. The van der Waals surface area contributed by atoms with Crippen molar-refractivity contribution in [2.45, 2.75) is 82.3 Å². The van der Waals surface area contributed by atoms with Crippen molar-refractivity contribution in [2.24, 2.45) is 11.5 Å². The third-order valence-corrected chi connectivity index (χ3v) is 5.27. The van der Waals surface area contributed by atoms with Crippen LogP contribution in [-0.4, -0.2) is 93.4 Å². The highest BCUT2D eigenvalue weighted by molar-refractivity contribution is 5.94. The lowest BCUT2D eigenvalue weighted by Crippen LogP contribution is -2.58. The molecule has 0 spiro atoms. The monoisotopic (exact) mass is 445 g/mol. The molecule has 1 saturated heterocycles. The Kier molecular flexibility index (Phi) is 10.8. The van der Waals surface area contributed by atoms with Crippen molar-refractivity contribution < 1.29 is 34.5 Å². The van der Waals surface area contributed by atoms with E-state index < -0.39 is 60.1 Å². The van der Waals surface area contributed by atoms with Crippen LogP contribution in [0.3, 0.4) is 0 Å². The maximum Gasteiger partial charge on any atom is 0.328 e. The first-order chi connectivity index (χ1) is 14.5. The van der Waals surface area contributed by atoms with Crippen LogP contribution >= 0.6 is 0 Å². The minimum absolute atomic E-state index is 0.259. The minimum Gasteiger partial charge on any atom is -0.480 e. The molecule has 0 bridgehead atoms. The fraction of sp³-hybridized carbons (Fsp3) is 0.789. The molecule has 1 rings (SSSR count). The fourth-order valence-corrected chi connectivity index (χ4v) is 3.38. The van der Waals surface area contributed by atoms with E-state index in [-0.39, 0.29) is 13.0 Å². The first-order valence-corrected chi connectivity index (χ1v) is 10.5. The highest BCUT2D eigenvalue weighted by atomic mass is 16.4. The number of aliphatic hydroxyl groups excluding tert-OH is 2. The number of aliphatic carboxylic acids is 1. The summed E-state index contributed by atoms with van der Waals surface area (Å²) in [7, 11) is 0.